The average molecular weight is 374 g/mol. The van der Waals surface area contributed by atoms with Gasteiger partial charge >= 0.3 is 0 Å². The summed E-state index contributed by atoms with van der Waals surface area (Å²) in [5.74, 6) is 0.484. The van der Waals surface area contributed by atoms with Crippen LogP contribution >= 0.6 is 0 Å². The normalized spacial score (nSPS) is 10.9. The van der Waals surface area contributed by atoms with Gasteiger partial charge in [0.25, 0.3) is 20.4 Å². The Balaban J connectivity index is 0.000000442. The molecule has 10 heteroatoms. The van der Waals surface area contributed by atoms with E-state index in [0.29, 0.717) is 5.92 Å². The summed E-state index contributed by atoms with van der Waals surface area (Å²) < 4.78 is 36.8. The SMILES string of the molecule is CC(c1ccccc1)c1ccccc1.NS(N)(=O)=O.NS(N)(=O)=O. The first-order valence-corrected chi connectivity index (χ1v) is 9.80. The van der Waals surface area contributed by atoms with Gasteiger partial charge in [0, 0.05) is 5.92 Å². The standard InChI is InChI=1S/C14H14.2H4N2O2S/c1-12(13-8-4-2-5-9-13)14-10-6-3-7-11-14;2*1-5(2,3)4/h2-12H,1H3;2*(H4,1,2,3,4). The molecule has 0 heterocycles. The van der Waals surface area contributed by atoms with Gasteiger partial charge in [-0.3, -0.25) is 0 Å². The Morgan fingerprint density at radius 1 is 0.625 bits per heavy atom. The Kier molecular flexibility index (Phi) is 9.36. The zero-order chi connectivity index (χ0) is 18.8. The lowest BCUT2D eigenvalue weighted by atomic mass is 9.93. The van der Waals surface area contributed by atoms with E-state index < -0.39 is 20.4 Å². The molecule has 0 amide bonds. The van der Waals surface area contributed by atoms with Gasteiger partial charge in [0.15, 0.2) is 0 Å². The molecule has 8 N–H and O–H groups in total. The summed E-state index contributed by atoms with van der Waals surface area (Å²) >= 11 is 0. The maximum absolute atomic E-state index is 9.19. The van der Waals surface area contributed by atoms with Crippen LogP contribution in [0.25, 0.3) is 0 Å². The summed E-state index contributed by atoms with van der Waals surface area (Å²) in [6.07, 6.45) is 0. The molecule has 2 aromatic carbocycles. The minimum Gasteiger partial charge on any atom is -0.216 e. The van der Waals surface area contributed by atoms with Crippen molar-refractivity contribution in [3.8, 4) is 0 Å². The first-order valence-electron chi connectivity index (χ1n) is 6.59. The highest BCUT2D eigenvalue weighted by Gasteiger charge is 2.05. The molecule has 0 fully saturated rings. The minimum absolute atomic E-state index is 0.484. The predicted octanol–water partition coefficient (Wildman–Crippen LogP) is 0.136. The van der Waals surface area contributed by atoms with Crippen LogP contribution in [0.4, 0.5) is 0 Å². The fraction of sp³-hybridized carbons (Fsp3) is 0.143. The molecule has 0 aliphatic carbocycles. The van der Waals surface area contributed by atoms with Crippen LogP contribution in [0.1, 0.15) is 24.0 Å². The van der Waals surface area contributed by atoms with Gasteiger partial charge < -0.3 is 0 Å². The van der Waals surface area contributed by atoms with E-state index in [1.807, 2.05) is 0 Å². The second-order valence-corrected chi connectivity index (χ2v) is 7.08. The molecular weight excluding hydrogens is 352 g/mol. The summed E-state index contributed by atoms with van der Waals surface area (Å²) in [4.78, 5) is 0. The highest BCUT2D eigenvalue weighted by molar-refractivity contribution is 7.87. The third-order valence-corrected chi connectivity index (χ3v) is 2.60. The topological polar surface area (TPSA) is 172 Å². The molecule has 0 saturated carbocycles. The lowest BCUT2D eigenvalue weighted by Crippen LogP contribution is -2.21. The fourth-order valence-corrected chi connectivity index (χ4v) is 1.68. The third-order valence-electron chi connectivity index (χ3n) is 2.60. The number of hydrogen-bond acceptors (Lipinski definition) is 4. The summed E-state index contributed by atoms with van der Waals surface area (Å²) in [7, 11) is -7.33. The number of nitrogens with two attached hydrogens (primary N) is 4. The smallest absolute Gasteiger partial charge is 0.216 e. The van der Waals surface area contributed by atoms with E-state index in [-0.39, 0.29) is 0 Å². The Bertz CT molecular complexity index is 710. The van der Waals surface area contributed by atoms with Gasteiger partial charge in [0.1, 0.15) is 0 Å². The lowest BCUT2D eigenvalue weighted by Gasteiger charge is -2.11. The van der Waals surface area contributed by atoms with E-state index in [0.717, 1.165) is 0 Å². The van der Waals surface area contributed by atoms with Gasteiger partial charge in [-0.25, -0.2) is 20.6 Å². The van der Waals surface area contributed by atoms with Crippen LogP contribution in [0.3, 0.4) is 0 Å². The molecule has 24 heavy (non-hydrogen) atoms. The lowest BCUT2D eigenvalue weighted by molar-refractivity contribution is 0.597. The van der Waals surface area contributed by atoms with Crippen molar-refractivity contribution in [2.45, 2.75) is 12.8 Å². The van der Waals surface area contributed by atoms with Crippen LogP contribution < -0.4 is 20.6 Å². The Hall–Kier alpha value is -1.82. The molecule has 0 aromatic heterocycles. The van der Waals surface area contributed by atoms with Crippen molar-refractivity contribution in [1.82, 2.24) is 0 Å². The molecule has 0 radical (unpaired) electrons. The van der Waals surface area contributed by atoms with Gasteiger partial charge in [-0.05, 0) is 11.1 Å². The van der Waals surface area contributed by atoms with Crippen molar-refractivity contribution in [2.24, 2.45) is 20.6 Å². The molecule has 0 saturated heterocycles. The molecular formula is C14H22N4O4S2. The molecule has 0 aliphatic heterocycles. The van der Waals surface area contributed by atoms with Crippen molar-refractivity contribution >= 4 is 20.4 Å². The quantitative estimate of drug-likeness (QED) is 0.585. The summed E-state index contributed by atoms with van der Waals surface area (Å²) in [6.45, 7) is 2.24. The largest absolute Gasteiger partial charge is 0.271 e. The zero-order valence-corrected chi connectivity index (χ0v) is 14.7. The van der Waals surface area contributed by atoms with Crippen LogP contribution in [-0.2, 0) is 20.4 Å². The number of benzene rings is 2. The van der Waals surface area contributed by atoms with E-state index in [4.69, 9.17) is 0 Å². The molecule has 0 bridgehead atoms. The van der Waals surface area contributed by atoms with E-state index in [1.54, 1.807) is 0 Å². The number of rotatable bonds is 2. The van der Waals surface area contributed by atoms with E-state index in [9.17, 15) is 16.8 Å². The van der Waals surface area contributed by atoms with Crippen molar-refractivity contribution < 1.29 is 16.8 Å². The van der Waals surface area contributed by atoms with Crippen molar-refractivity contribution in [3.05, 3.63) is 71.8 Å². The number of hydrogen-bond donors (Lipinski definition) is 4. The summed E-state index contributed by atoms with van der Waals surface area (Å²) in [5, 5.41) is 16.4. The molecule has 8 nitrogen and oxygen atoms in total. The second kappa shape index (κ2) is 10.1. The minimum atomic E-state index is -3.67. The first-order chi connectivity index (χ1) is 10.9. The van der Waals surface area contributed by atoms with Crippen molar-refractivity contribution in [1.29, 1.82) is 0 Å². The van der Waals surface area contributed by atoms with Gasteiger partial charge in [0.05, 0.1) is 0 Å². The monoisotopic (exact) mass is 374 g/mol. The predicted molar refractivity (Wildman–Crippen MR) is 95.0 cm³/mol. The van der Waals surface area contributed by atoms with Crippen LogP contribution in [-0.4, -0.2) is 16.8 Å². The molecule has 0 spiro atoms. The van der Waals surface area contributed by atoms with Crippen molar-refractivity contribution in [2.75, 3.05) is 0 Å². The van der Waals surface area contributed by atoms with E-state index >= 15 is 0 Å². The van der Waals surface area contributed by atoms with Crippen LogP contribution in [0, 0.1) is 0 Å². The molecule has 0 unspecified atom stereocenters. The highest BCUT2D eigenvalue weighted by atomic mass is 32.2. The Labute approximate surface area is 142 Å². The third kappa shape index (κ3) is 15.1. The molecule has 0 aliphatic rings. The fourth-order valence-electron chi connectivity index (χ4n) is 1.68. The maximum atomic E-state index is 9.19. The first kappa shape index (κ1) is 22.2. The molecule has 0 atom stereocenters. The Morgan fingerprint density at radius 2 is 0.833 bits per heavy atom. The summed E-state index contributed by atoms with van der Waals surface area (Å²) in [6, 6.07) is 21.2. The average Bonchev–Trinajstić information content (AvgIpc) is 2.45. The van der Waals surface area contributed by atoms with Crippen LogP contribution in [0.2, 0.25) is 0 Å². The Morgan fingerprint density at radius 3 is 1.04 bits per heavy atom. The van der Waals surface area contributed by atoms with Gasteiger partial charge in [-0.2, -0.15) is 16.8 Å². The zero-order valence-electron chi connectivity index (χ0n) is 13.1. The van der Waals surface area contributed by atoms with Crippen LogP contribution in [0.15, 0.2) is 60.7 Å². The van der Waals surface area contributed by atoms with E-state index in [2.05, 4.69) is 88.1 Å². The highest BCUT2D eigenvalue weighted by Crippen LogP contribution is 2.22. The van der Waals surface area contributed by atoms with Crippen molar-refractivity contribution in [3.63, 3.8) is 0 Å². The molecule has 2 rings (SSSR count). The van der Waals surface area contributed by atoms with Gasteiger partial charge in [-0.15, -0.1) is 0 Å². The maximum Gasteiger partial charge on any atom is 0.271 e. The summed E-state index contributed by atoms with van der Waals surface area (Å²) in [5.41, 5.74) is 2.75. The van der Waals surface area contributed by atoms with Gasteiger partial charge in [0.2, 0.25) is 0 Å². The molecule has 2 aromatic rings. The molecule has 134 valence electrons. The van der Waals surface area contributed by atoms with E-state index in [1.165, 1.54) is 11.1 Å². The second-order valence-electron chi connectivity index (χ2n) is 4.72. The van der Waals surface area contributed by atoms with Crippen LogP contribution in [0.5, 0.6) is 0 Å². The van der Waals surface area contributed by atoms with Gasteiger partial charge in [-0.1, -0.05) is 67.6 Å².